The lowest BCUT2D eigenvalue weighted by Gasteiger charge is -2.54. The first kappa shape index (κ1) is 23.8. The number of aryl methyl sites for hydroxylation is 1. The molecule has 164 valence electrons. The van der Waals surface area contributed by atoms with Gasteiger partial charge in [-0.25, -0.2) is 0 Å². The van der Waals surface area contributed by atoms with Crippen molar-refractivity contribution >= 4 is 5.91 Å². The van der Waals surface area contributed by atoms with Gasteiger partial charge >= 0.3 is 0 Å². The highest BCUT2D eigenvalue weighted by molar-refractivity contribution is 5.97. The van der Waals surface area contributed by atoms with E-state index in [1.807, 2.05) is 39.0 Å². The smallest absolute Gasteiger partial charge is 0.263 e. The van der Waals surface area contributed by atoms with Crippen LogP contribution < -0.4 is 15.8 Å². The molecule has 1 atom stereocenters. The largest absolute Gasteiger partial charge is 0.494 e. The highest BCUT2D eigenvalue weighted by Gasteiger charge is 2.43. The Morgan fingerprint density at radius 1 is 1.37 bits per heavy atom. The molecule has 1 aliphatic heterocycles. The molecule has 1 unspecified atom stereocenters. The maximum absolute atomic E-state index is 13.0. The molecule has 1 fully saturated rings. The number of carbonyl (C=O) groups is 1. The molecule has 0 spiro atoms. The number of hydrogen-bond acceptors (Lipinski definition) is 5. The molecule has 1 heterocycles. The van der Waals surface area contributed by atoms with E-state index >= 15 is 0 Å². The Morgan fingerprint density at radius 3 is 2.50 bits per heavy atom. The van der Waals surface area contributed by atoms with E-state index in [0.717, 1.165) is 29.7 Å². The van der Waals surface area contributed by atoms with Gasteiger partial charge in [0.1, 0.15) is 17.4 Å². The maximum Gasteiger partial charge on any atom is 0.263 e. The number of nitrogens with one attached hydrogen (secondary N) is 1. The fourth-order valence-corrected chi connectivity index (χ4v) is 4.63. The van der Waals surface area contributed by atoms with Crippen LogP contribution in [0.2, 0.25) is 0 Å². The minimum atomic E-state index is -0.393. The quantitative estimate of drug-likeness (QED) is 0.545. The van der Waals surface area contributed by atoms with E-state index in [9.17, 15) is 10.1 Å². The number of amides is 1. The second kappa shape index (κ2) is 9.09. The van der Waals surface area contributed by atoms with Gasteiger partial charge in [-0.05, 0) is 67.4 Å². The predicted octanol–water partition coefficient (Wildman–Crippen LogP) is 3.96. The minimum absolute atomic E-state index is 0.0871. The van der Waals surface area contributed by atoms with Gasteiger partial charge in [-0.15, -0.1) is 0 Å². The van der Waals surface area contributed by atoms with Gasteiger partial charge in [0, 0.05) is 28.9 Å². The number of rotatable bonds is 6. The van der Waals surface area contributed by atoms with Crippen LogP contribution in [-0.4, -0.2) is 34.5 Å². The zero-order valence-corrected chi connectivity index (χ0v) is 19.4. The molecule has 0 radical (unpaired) electrons. The number of ether oxygens (including phenoxy) is 1. The summed E-state index contributed by atoms with van der Waals surface area (Å²) in [6.07, 6.45) is 3.29. The predicted molar refractivity (Wildman–Crippen MR) is 120 cm³/mol. The molecule has 6 nitrogen and oxygen atoms in total. The van der Waals surface area contributed by atoms with E-state index in [1.165, 1.54) is 0 Å². The summed E-state index contributed by atoms with van der Waals surface area (Å²) in [5.41, 5.74) is 7.80. The van der Waals surface area contributed by atoms with Crippen LogP contribution in [0, 0.1) is 18.3 Å². The van der Waals surface area contributed by atoms with Crippen LogP contribution >= 0.6 is 0 Å². The number of hydrogen-bond donors (Lipinski definition) is 2. The molecular formula is C24H36N4O2. The summed E-state index contributed by atoms with van der Waals surface area (Å²) in [6, 6.07) is 7.79. The van der Waals surface area contributed by atoms with Gasteiger partial charge in [-0.3, -0.25) is 4.79 Å². The minimum Gasteiger partial charge on any atom is -0.494 e. The standard InChI is InChI=1S/C24H36N4O2/c1-8-30-21-10-9-16(2)11-20(21)17(3)27-22(29)18(14-25)15-28-23(4,5)12-19(26)13-24(28,6)7/h9-11,15,17,19H,8,12-13,26H2,1-7H3,(H,27,29)/b18-15-. The molecule has 30 heavy (non-hydrogen) atoms. The van der Waals surface area contributed by atoms with Crippen LogP contribution in [0.15, 0.2) is 30.0 Å². The fourth-order valence-electron chi connectivity index (χ4n) is 4.63. The molecule has 6 heteroatoms. The third-order valence-corrected chi connectivity index (χ3v) is 5.73. The van der Waals surface area contributed by atoms with Crippen molar-refractivity contribution in [3.63, 3.8) is 0 Å². The lowest BCUT2D eigenvalue weighted by atomic mass is 9.77. The first-order valence-corrected chi connectivity index (χ1v) is 10.6. The Morgan fingerprint density at radius 2 is 1.97 bits per heavy atom. The monoisotopic (exact) mass is 412 g/mol. The Balaban J connectivity index is 2.29. The van der Waals surface area contributed by atoms with Crippen molar-refractivity contribution in [3.8, 4) is 11.8 Å². The van der Waals surface area contributed by atoms with Crippen LogP contribution in [0.4, 0.5) is 0 Å². The number of nitrogens with zero attached hydrogens (tertiary/aromatic N) is 2. The van der Waals surface area contributed by atoms with E-state index in [2.05, 4.69) is 44.0 Å². The number of nitriles is 1. The lowest BCUT2D eigenvalue weighted by molar-refractivity contribution is -0.117. The summed E-state index contributed by atoms with van der Waals surface area (Å²) < 4.78 is 5.72. The van der Waals surface area contributed by atoms with Gasteiger partial charge in [0.15, 0.2) is 0 Å². The molecule has 0 bridgehead atoms. The van der Waals surface area contributed by atoms with Crippen LogP contribution in [0.3, 0.4) is 0 Å². The van der Waals surface area contributed by atoms with Crippen LogP contribution in [0.1, 0.15) is 71.6 Å². The van der Waals surface area contributed by atoms with Crippen LogP contribution in [-0.2, 0) is 4.79 Å². The van der Waals surface area contributed by atoms with E-state index in [0.29, 0.717) is 6.61 Å². The number of carbonyl (C=O) groups excluding carboxylic acids is 1. The van der Waals surface area contributed by atoms with Crippen molar-refractivity contribution in [2.24, 2.45) is 5.73 Å². The molecule has 3 N–H and O–H groups in total. The van der Waals surface area contributed by atoms with Gasteiger partial charge in [0.2, 0.25) is 0 Å². The zero-order valence-electron chi connectivity index (χ0n) is 19.4. The molecular weight excluding hydrogens is 376 g/mol. The third kappa shape index (κ3) is 5.34. The Bertz CT molecular complexity index is 833. The van der Waals surface area contributed by atoms with Crippen molar-refractivity contribution in [1.29, 1.82) is 5.26 Å². The van der Waals surface area contributed by atoms with E-state index in [1.54, 1.807) is 6.20 Å². The highest BCUT2D eigenvalue weighted by Crippen LogP contribution is 2.38. The Labute approximate surface area is 181 Å². The number of benzene rings is 1. The van der Waals surface area contributed by atoms with E-state index < -0.39 is 5.91 Å². The van der Waals surface area contributed by atoms with Gasteiger partial charge in [0.05, 0.1) is 12.6 Å². The summed E-state index contributed by atoms with van der Waals surface area (Å²) in [5, 5.41) is 12.7. The topological polar surface area (TPSA) is 91.4 Å². The fraction of sp³-hybridized carbons (Fsp3) is 0.583. The van der Waals surface area contributed by atoms with Crippen molar-refractivity contribution in [2.45, 2.75) is 84.5 Å². The average molecular weight is 413 g/mol. The number of piperidine rings is 1. The Kier molecular flexibility index (Phi) is 7.20. The van der Waals surface area contributed by atoms with Crippen molar-refractivity contribution in [2.75, 3.05) is 6.61 Å². The lowest BCUT2D eigenvalue weighted by Crippen LogP contribution is -2.61. The van der Waals surface area contributed by atoms with Crippen molar-refractivity contribution in [1.82, 2.24) is 10.2 Å². The molecule has 0 aliphatic carbocycles. The average Bonchev–Trinajstić information content (AvgIpc) is 2.61. The van der Waals surface area contributed by atoms with Gasteiger partial charge < -0.3 is 20.7 Å². The summed E-state index contributed by atoms with van der Waals surface area (Å²) in [4.78, 5) is 15.1. The second-order valence-corrected chi connectivity index (χ2v) is 9.49. The molecule has 0 saturated carbocycles. The highest BCUT2D eigenvalue weighted by atomic mass is 16.5. The van der Waals surface area contributed by atoms with Gasteiger partial charge in [0.25, 0.3) is 5.91 Å². The molecule has 1 amide bonds. The summed E-state index contributed by atoms with van der Waals surface area (Å²) in [5.74, 6) is 0.348. The van der Waals surface area contributed by atoms with Crippen LogP contribution in [0.25, 0.3) is 0 Å². The SMILES string of the molecule is CCOc1ccc(C)cc1C(C)NC(=O)/C(C#N)=C\N1C(C)(C)CC(N)CC1(C)C. The van der Waals surface area contributed by atoms with Crippen molar-refractivity contribution in [3.05, 3.63) is 41.1 Å². The molecule has 1 saturated heterocycles. The zero-order chi connectivity index (χ0) is 22.7. The normalized spacial score (nSPS) is 19.7. The molecule has 2 rings (SSSR count). The summed E-state index contributed by atoms with van der Waals surface area (Å²) in [7, 11) is 0. The summed E-state index contributed by atoms with van der Waals surface area (Å²) >= 11 is 0. The maximum atomic E-state index is 13.0. The van der Waals surface area contributed by atoms with Crippen molar-refractivity contribution < 1.29 is 9.53 Å². The second-order valence-electron chi connectivity index (χ2n) is 9.49. The van der Waals surface area contributed by atoms with Gasteiger partial charge in [-0.2, -0.15) is 5.26 Å². The molecule has 1 aromatic rings. The van der Waals surface area contributed by atoms with Crippen LogP contribution in [0.5, 0.6) is 5.75 Å². The van der Waals surface area contributed by atoms with E-state index in [-0.39, 0.29) is 28.7 Å². The third-order valence-electron chi connectivity index (χ3n) is 5.73. The Hall–Kier alpha value is -2.52. The number of nitrogens with two attached hydrogens (primary N) is 1. The first-order chi connectivity index (χ1) is 13.9. The van der Waals surface area contributed by atoms with Gasteiger partial charge in [-0.1, -0.05) is 17.7 Å². The molecule has 0 aromatic heterocycles. The molecule has 1 aliphatic rings. The summed E-state index contributed by atoms with van der Waals surface area (Å²) in [6.45, 7) is 14.8. The van der Waals surface area contributed by atoms with E-state index in [4.69, 9.17) is 10.5 Å². The molecule has 1 aromatic carbocycles. The number of likely N-dealkylation sites (tertiary alicyclic amines) is 1. The first-order valence-electron chi connectivity index (χ1n) is 10.6.